The molecule has 10 heteroatoms. The van der Waals surface area contributed by atoms with Crippen LogP contribution in [0.4, 0.5) is 0 Å². The molecule has 0 aromatic carbocycles. The van der Waals surface area contributed by atoms with Gasteiger partial charge in [-0.05, 0) is 0 Å². The van der Waals surface area contributed by atoms with Crippen LogP contribution in [0.25, 0.3) is 0 Å². The van der Waals surface area contributed by atoms with E-state index in [9.17, 15) is 14.2 Å². The quantitative estimate of drug-likeness (QED) is 0.625. The molecule has 114 valence electrons. The zero-order chi connectivity index (χ0) is 15.2. The van der Waals surface area contributed by atoms with Crippen LogP contribution in [0.5, 0.6) is 0 Å². The number of hydrogen-bond acceptors (Lipinski definition) is 6. The first kappa shape index (κ1) is 16.8. The van der Waals surface area contributed by atoms with Crippen LogP contribution in [0.1, 0.15) is 0 Å². The highest BCUT2D eigenvalue weighted by atomic mass is 31.2. The van der Waals surface area contributed by atoms with Crippen molar-refractivity contribution in [3.63, 3.8) is 0 Å². The van der Waals surface area contributed by atoms with Gasteiger partial charge in [-0.15, -0.1) is 0 Å². The lowest BCUT2D eigenvalue weighted by molar-refractivity contribution is 0.0870. The highest BCUT2D eigenvalue weighted by molar-refractivity contribution is 7.47. The molecule has 9 nitrogen and oxygen atoms in total. The van der Waals surface area contributed by atoms with E-state index in [1.54, 1.807) is 0 Å². The van der Waals surface area contributed by atoms with Gasteiger partial charge < -0.3 is 14.2 Å². The summed E-state index contributed by atoms with van der Waals surface area (Å²) in [5, 5.41) is 0. The highest BCUT2D eigenvalue weighted by Crippen LogP contribution is 2.42. The third kappa shape index (κ3) is 5.40. The molecule has 20 heavy (non-hydrogen) atoms. The smallest absolute Gasteiger partial charge is 0.384 e. The normalized spacial score (nSPS) is 15.8. The van der Waals surface area contributed by atoms with Crippen molar-refractivity contribution < 1.29 is 23.2 Å². The molecule has 0 fully saturated rings. The predicted octanol–water partition coefficient (Wildman–Crippen LogP) is -0.437. The lowest BCUT2D eigenvalue weighted by Gasteiger charge is -2.18. The van der Waals surface area contributed by atoms with Crippen LogP contribution in [0.3, 0.4) is 0 Å². The van der Waals surface area contributed by atoms with Gasteiger partial charge in [0.05, 0.1) is 13.2 Å². The molecule has 0 radical (unpaired) electrons. The second-order valence-corrected chi connectivity index (χ2v) is 5.59. The van der Waals surface area contributed by atoms with Crippen LogP contribution < -0.4 is 11.2 Å². The Morgan fingerprint density at radius 1 is 1.40 bits per heavy atom. The van der Waals surface area contributed by atoms with E-state index in [4.69, 9.17) is 14.2 Å². The molecule has 1 aromatic rings. The van der Waals surface area contributed by atoms with Gasteiger partial charge in [0.2, 0.25) is 0 Å². The molecule has 1 rings (SSSR count). The second-order valence-electron chi connectivity index (χ2n) is 4.03. The first-order chi connectivity index (χ1) is 9.38. The van der Waals surface area contributed by atoms with E-state index in [2.05, 4.69) is 9.51 Å². The fourth-order valence-electron chi connectivity index (χ4n) is 1.51. The van der Waals surface area contributed by atoms with Gasteiger partial charge in [-0.25, -0.2) is 9.36 Å². The summed E-state index contributed by atoms with van der Waals surface area (Å²) in [6, 6.07) is 1.21. The summed E-state index contributed by atoms with van der Waals surface area (Å²) in [4.78, 5) is 33.7. The van der Waals surface area contributed by atoms with Crippen molar-refractivity contribution in [3.05, 3.63) is 33.1 Å². The minimum Gasteiger partial charge on any atom is -0.384 e. The zero-order valence-corrected chi connectivity index (χ0v) is 12.0. The molecule has 2 atom stereocenters. The Kier molecular flexibility index (Phi) is 6.31. The number of phosphoric acid groups is 1. The molecule has 0 saturated carbocycles. The summed E-state index contributed by atoms with van der Waals surface area (Å²) in [6.45, 7) is 0.226. The predicted molar refractivity (Wildman–Crippen MR) is 69.5 cm³/mol. The summed E-state index contributed by atoms with van der Waals surface area (Å²) in [6.07, 6.45) is 1.33. The molecule has 0 aliphatic heterocycles. The van der Waals surface area contributed by atoms with Gasteiger partial charge in [-0.3, -0.25) is 18.8 Å². The Morgan fingerprint density at radius 2 is 2.10 bits per heavy atom. The van der Waals surface area contributed by atoms with Gasteiger partial charge in [0.25, 0.3) is 5.56 Å². The Morgan fingerprint density at radius 3 is 2.65 bits per heavy atom. The summed E-state index contributed by atoms with van der Waals surface area (Å²) < 4.78 is 26.5. The number of nitrogens with zero attached hydrogens (tertiary/aromatic N) is 1. The molecule has 2 N–H and O–H groups in total. The molecule has 0 amide bonds. The first-order valence-corrected chi connectivity index (χ1v) is 7.19. The van der Waals surface area contributed by atoms with Crippen molar-refractivity contribution in [2.45, 2.75) is 6.54 Å². The monoisotopic (exact) mass is 308 g/mol. The molecule has 0 aliphatic rings. The maximum Gasteiger partial charge on any atom is 0.471 e. The van der Waals surface area contributed by atoms with Crippen LogP contribution in [0.15, 0.2) is 21.9 Å². The molecule has 1 heterocycles. The fourth-order valence-corrected chi connectivity index (χ4v) is 2.01. The SMILES string of the molecule is COC[C@@H](COP(=O)(O)OC)Cn1ccc(=O)[nH]c1=O. The second kappa shape index (κ2) is 7.51. The molecular weight excluding hydrogens is 291 g/mol. The number of aromatic nitrogens is 2. The Hall–Kier alpha value is -1.25. The largest absolute Gasteiger partial charge is 0.471 e. The molecule has 0 saturated heterocycles. The van der Waals surface area contributed by atoms with Gasteiger partial charge in [0, 0.05) is 38.9 Å². The van der Waals surface area contributed by atoms with E-state index in [1.165, 1.54) is 23.9 Å². The van der Waals surface area contributed by atoms with Crippen molar-refractivity contribution in [1.29, 1.82) is 0 Å². The number of aromatic amines is 1. The summed E-state index contributed by atoms with van der Waals surface area (Å²) in [5.41, 5.74) is -1.07. The van der Waals surface area contributed by atoms with E-state index in [0.29, 0.717) is 0 Å². The van der Waals surface area contributed by atoms with Crippen LogP contribution in [0.2, 0.25) is 0 Å². The first-order valence-electron chi connectivity index (χ1n) is 5.69. The fraction of sp³-hybridized carbons (Fsp3) is 0.600. The lowest BCUT2D eigenvalue weighted by Crippen LogP contribution is -2.32. The van der Waals surface area contributed by atoms with Crippen molar-refractivity contribution in [2.75, 3.05) is 27.4 Å². The third-order valence-corrected chi connectivity index (χ3v) is 3.40. The average molecular weight is 308 g/mol. The van der Waals surface area contributed by atoms with Gasteiger partial charge in [0.15, 0.2) is 0 Å². The maximum absolute atomic E-state index is 11.5. The number of hydrogen-bond donors (Lipinski definition) is 2. The maximum atomic E-state index is 11.5. The van der Waals surface area contributed by atoms with E-state index in [0.717, 1.165) is 7.11 Å². The van der Waals surface area contributed by atoms with Crippen LogP contribution >= 0.6 is 7.82 Å². The van der Waals surface area contributed by atoms with E-state index in [-0.39, 0.29) is 25.7 Å². The molecule has 1 aromatic heterocycles. The van der Waals surface area contributed by atoms with Crippen molar-refractivity contribution in [3.8, 4) is 0 Å². The van der Waals surface area contributed by atoms with Gasteiger partial charge >= 0.3 is 13.5 Å². The van der Waals surface area contributed by atoms with Crippen molar-refractivity contribution in [2.24, 2.45) is 5.92 Å². The van der Waals surface area contributed by atoms with Crippen LogP contribution in [-0.4, -0.2) is 41.9 Å². The van der Waals surface area contributed by atoms with Gasteiger partial charge in [-0.1, -0.05) is 0 Å². The van der Waals surface area contributed by atoms with Gasteiger partial charge in [0.1, 0.15) is 0 Å². The number of phosphoric ester groups is 1. The van der Waals surface area contributed by atoms with Crippen molar-refractivity contribution >= 4 is 7.82 Å². The molecule has 0 spiro atoms. The number of nitrogens with one attached hydrogen (secondary N) is 1. The summed E-state index contributed by atoms with van der Waals surface area (Å²) >= 11 is 0. The van der Waals surface area contributed by atoms with E-state index in [1.807, 2.05) is 0 Å². The Labute approximate surface area is 114 Å². The number of rotatable bonds is 8. The summed E-state index contributed by atoms with van der Waals surface area (Å²) in [7, 11) is -1.57. The number of H-pyrrole nitrogens is 1. The topological polar surface area (TPSA) is 120 Å². The molecule has 1 unspecified atom stereocenters. The number of ether oxygens (including phenoxy) is 1. The van der Waals surface area contributed by atoms with Gasteiger partial charge in [-0.2, -0.15) is 0 Å². The molecule has 0 bridgehead atoms. The lowest BCUT2D eigenvalue weighted by atomic mass is 10.2. The van der Waals surface area contributed by atoms with Crippen molar-refractivity contribution in [1.82, 2.24) is 9.55 Å². The zero-order valence-electron chi connectivity index (χ0n) is 11.1. The third-order valence-electron chi connectivity index (χ3n) is 2.46. The standard InChI is InChI=1S/C10H17N2O7P/c1-17-6-8(7-19-20(15,16)18-2)5-12-4-3-9(13)11-10(12)14/h3-4,8H,5-7H2,1-2H3,(H,15,16)(H,11,13,14)/t8-/m0/s1. The van der Waals surface area contributed by atoms with E-state index >= 15 is 0 Å². The number of methoxy groups -OCH3 is 1. The molecule has 0 aliphatic carbocycles. The average Bonchev–Trinajstić information content (AvgIpc) is 2.39. The van der Waals surface area contributed by atoms with Crippen LogP contribution in [-0.2, 0) is 24.9 Å². The minimum atomic E-state index is -4.08. The van der Waals surface area contributed by atoms with E-state index < -0.39 is 19.1 Å². The Balaban J connectivity index is 2.74. The minimum absolute atomic E-state index is 0.138. The van der Waals surface area contributed by atoms with Crippen LogP contribution in [0, 0.1) is 5.92 Å². The Bertz CT molecular complexity index is 581. The molecular formula is C10H17N2O7P. The summed E-state index contributed by atoms with van der Waals surface area (Å²) in [5.74, 6) is -0.362. The highest BCUT2D eigenvalue weighted by Gasteiger charge is 2.21.